The van der Waals surface area contributed by atoms with Crippen LogP contribution in [0.5, 0.6) is 5.75 Å². The molecule has 0 aromatic heterocycles. The maximum Gasteiger partial charge on any atom is 0.257 e. The minimum atomic E-state index is -0.218. The monoisotopic (exact) mass is 279 g/mol. The summed E-state index contributed by atoms with van der Waals surface area (Å²) in [7, 11) is 3.21. The lowest BCUT2D eigenvalue weighted by Crippen LogP contribution is -2.31. The molecule has 0 radical (unpaired) electrons. The van der Waals surface area contributed by atoms with Gasteiger partial charge in [-0.25, -0.2) is 0 Å². The van der Waals surface area contributed by atoms with Crippen LogP contribution in [-0.2, 0) is 4.79 Å². The molecule has 0 bridgehead atoms. The van der Waals surface area contributed by atoms with Gasteiger partial charge in [-0.15, -0.1) is 0 Å². The van der Waals surface area contributed by atoms with Crippen molar-refractivity contribution in [2.75, 3.05) is 33.0 Å². The summed E-state index contributed by atoms with van der Waals surface area (Å²) in [5, 5.41) is 2.52. The number of anilines is 1. The molecule has 0 unspecified atom stereocenters. The number of rotatable bonds is 6. The van der Waals surface area contributed by atoms with E-state index in [2.05, 4.69) is 5.32 Å². The van der Waals surface area contributed by atoms with Gasteiger partial charge in [0.05, 0.1) is 17.9 Å². The number of carbonyl (C=O) groups is 2. The maximum atomic E-state index is 12.4. The van der Waals surface area contributed by atoms with E-state index in [4.69, 9.17) is 10.5 Å². The van der Waals surface area contributed by atoms with Crippen LogP contribution >= 0.6 is 0 Å². The van der Waals surface area contributed by atoms with Crippen molar-refractivity contribution in [3.63, 3.8) is 0 Å². The van der Waals surface area contributed by atoms with E-state index >= 15 is 0 Å². The Bertz CT molecular complexity index is 489. The van der Waals surface area contributed by atoms with E-state index in [0.29, 0.717) is 30.2 Å². The number of para-hydroxylation sites is 1. The van der Waals surface area contributed by atoms with Crippen LogP contribution in [0.1, 0.15) is 23.7 Å². The summed E-state index contributed by atoms with van der Waals surface area (Å²) < 4.78 is 5.43. The highest BCUT2D eigenvalue weighted by Gasteiger charge is 2.18. The Morgan fingerprint density at radius 3 is 2.70 bits per heavy atom. The van der Waals surface area contributed by atoms with Gasteiger partial charge >= 0.3 is 0 Å². The smallest absolute Gasteiger partial charge is 0.257 e. The molecule has 0 aliphatic rings. The van der Waals surface area contributed by atoms with Crippen LogP contribution in [0.4, 0.5) is 5.69 Å². The highest BCUT2D eigenvalue weighted by atomic mass is 16.5. The molecule has 2 amide bonds. The van der Waals surface area contributed by atoms with E-state index in [9.17, 15) is 9.59 Å². The molecule has 6 heteroatoms. The highest BCUT2D eigenvalue weighted by molar-refractivity contribution is 5.98. The van der Waals surface area contributed by atoms with Crippen LogP contribution in [0, 0.1) is 0 Å². The van der Waals surface area contributed by atoms with Crippen molar-refractivity contribution in [1.82, 2.24) is 10.2 Å². The average Bonchev–Trinajstić information content (AvgIpc) is 2.45. The van der Waals surface area contributed by atoms with Crippen molar-refractivity contribution < 1.29 is 14.3 Å². The van der Waals surface area contributed by atoms with Crippen molar-refractivity contribution in [3.05, 3.63) is 23.8 Å². The van der Waals surface area contributed by atoms with Gasteiger partial charge in [0.25, 0.3) is 5.91 Å². The fourth-order valence-corrected chi connectivity index (χ4v) is 1.73. The number of ether oxygens (including phenoxy) is 1. The van der Waals surface area contributed by atoms with Crippen LogP contribution in [-0.4, -0.2) is 44.0 Å². The Kier molecular flexibility index (Phi) is 5.83. The Labute approximate surface area is 118 Å². The summed E-state index contributed by atoms with van der Waals surface area (Å²) in [5.41, 5.74) is 6.67. The summed E-state index contributed by atoms with van der Waals surface area (Å²) in [6, 6.07) is 5.06. The lowest BCUT2D eigenvalue weighted by atomic mass is 10.1. The molecule has 0 fully saturated rings. The molecule has 6 nitrogen and oxygen atoms in total. The fraction of sp³-hybridized carbons (Fsp3) is 0.429. The van der Waals surface area contributed by atoms with E-state index in [1.807, 2.05) is 6.92 Å². The quantitative estimate of drug-likeness (QED) is 0.757. The molecular formula is C14H21N3O3. The van der Waals surface area contributed by atoms with Gasteiger partial charge in [-0.3, -0.25) is 9.59 Å². The number of benzene rings is 1. The Hall–Kier alpha value is -2.24. The molecule has 0 aliphatic heterocycles. The summed E-state index contributed by atoms with van der Waals surface area (Å²) >= 11 is 0. The molecule has 1 rings (SSSR count). The third-order valence-electron chi connectivity index (χ3n) is 2.86. The van der Waals surface area contributed by atoms with E-state index in [0.717, 1.165) is 0 Å². The maximum absolute atomic E-state index is 12.4. The molecular weight excluding hydrogens is 258 g/mol. The third-order valence-corrected chi connectivity index (χ3v) is 2.86. The number of hydrogen-bond acceptors (Lipinski definition) is 4. The number of nitrogens with zero attached hydrogens (tertiary/aromatic N) is 1. The van der Waals surface area contributed by atoms with Gasteiger partial charge in [0.2, 0.25) is 5.91 Å². The minimum Gasteiger partial charge on any atom is -0.491 e. The summed E-state index contributed by atoms with van der Waals surface area (Å²) in [4.78, 5) is 25.0. The Morgan fingerprint density at radius 2 is 2.10 bits per heavy atom. The van der Waals surface area contributed by atoms with Crippen molar-refractivity contribution in [3.8, 4) is 5.75 Å². The summed E-state index contributed by atoms with van der Waals surface area (Å²) in [6.07, 6.45) is 0.255. The fourth-order valence-electron chi connectivity index (χ4n) is 1.73. The lowest BCUT2D eigenvalue weighted by molar-refractivity contribution is -0.120. The molecule has 0 atom stereocenters. The minimum absolute atomic E-state index is 0.109. The molecule has 1 aromatic carbocycles. The predicted octanol–water partition coefficient (Wildman–Crippen LogP) is 0.876. The second-order valence-electron chi connectivity index (χ2n) is 4.31. The van der Waals surface area contributed by atoms with Crippen LogP contribution < -0.4 is 15.8 Å². The zero-order valence-electron chi connectivity index (χ0n) is 12.1. The molecule has 1 aromatic rings. The average molecular weight is 279 g/mol. The van der Waals surface area contributed by atoms with E-state index in [-0.39, 0.29) is 18.2 Å². The number of nitrogen functional groups attached to an aromatic ring is 1. The van der Waals surface area contributed by atoms with Crippen LogP contribution in [0.3, 0.4) is 0 Å². The van der Waals surface area contributed by atoms with Gasteiger partial charge in [0, 0.05) is 27.1 Å². The van der Waals surface area contributed by atoms with Crippen LogP contribution in [0.25, 0.3) is 0 Å². The van der Waals surface area contributed by atoms with Crippen molar-refractivity contribution in [2.45, 2.75) is 13.3 Å². The molecule has 3 N–H and O–H groups in total. The lowest BCUT2D eigenvalue weighted by Gasteiger charge is -2.19. The number of carbonyl (C=O) groups excluding carboxylic acids is 2. The zero-order valence-corrected chi connectivity index (χ0v) is 12.1. The van der Waals surface area contributed by atoms with Gasteiger partial charge in [-0.2, -0.15) is 0 Å². The molecule has 110 valence electrons. The number of nitrogens with one attached hydrogen (secondary N) is 1. The second kappa shape index (κ2) is 7.37. The SMILES string of the molecule is CCOc1c(N)cccc1C(=O)N(C)CCC(=O)NC. The van der Waals surface area contributed by atoms with Crippen LogP contribution in [0.15, 0.2) is 18.2 Å². The van der Waals surface area contributed by atoms with Crippen molar-refractivity contribution >= 4 is 17.5 Å². The predicted molar refractivity (Wildman–Crippen MR) is 77.7 cm³/mol. The highest BCUT2D eigenvalue weighted by Crippen LogP contribution is 2.27. The van der Waals surface area contributed by atoms with Crippen molar-refractivity contribution in [1.29, 1.82) is 0 Å². The third kappa shape index (κ3) is 3.88. The number of nitrogens with two attached hydrogens (primary N) is 1. The number of hydrogen-bond donors (Lipinski definition) is 2. The van der Waals surface area contributed by atoms with Gasteiger partial charge in [-0.05, 0) is 19.1 Å². The molecule has 0 saturated heterocycles. The largest absolute Gasteiger partial charge is 0.491 e. The first-order valence-corrected chi connectivity index (χ1v) is 6.48. The molecule has 20 heavy (non-hydrogen) atoms. The molecule has 0 saturated carbocycles. The second-order valence-corrected chi connectivity index (χ2v) is 4.31. The zero-order chi connectivity index (χ0) is 15.1. The number of amides is 2. The van der Waals surface area contributed by atoms with E-state index in [1.165, 1.54) is 4.90 Å². The summed E-state index contributed by atoms with van der Waals surface area (Å²) in [6.45, 7) is 2.59. The van der Waals surface area contributed by atoms with Gasteiger partial charge < -0.3 is 20.7 Å². The van der Waals surface area contributed by atoms with Crippen LogP contribution in [0.2, 0.25) is 0 Å². The van der Waals surface area contributed by atoms with Crippen molar-refractivity contribution in [2.24, 2.45) is 0 Å². The van der Waals surface area contributed by atoms with Gasteiger partial charge in [0.1, 0.15) is 0 Å². The Balaban J connectivity index is 2.85. The van der Waals surface area contributed by atoms with Gasteiger partial charge in [-0.1, -0.05) is 6.07 Å². The first-order chi connectivity index (χ1) is 9.51. The molecule has 0 aliphatic carbocycles. The van der Waals surface area contributed by atoms with E-state index < -0.39 is 0 Å². The summed E-state index contributed by atoms with van der Waals surface area (Å²) in [5.74, 6) is 0.0682. The first-order valence-electron chi connectivity index (χ1n) is 6.48. The van der Waals surface area contributed by atoms with Gasteiger partial charge in [0.15, 0.2) is 5.75 Å². The Morgan fingerprint density at radius 1 is 1.40 bits per heavy atom. The molecule has 0 spiro atoms. The molecule has 0 heterocycles. The normalized spacial score (nSPS) is 9.95. The van der Waals surface area contributed by atoms with E-state index in [1.54, 1.807) is 32.3 Å². The standard InChI is InChI=1S/C14H21N3O3/c1-4-20-13-10(6-5-7-11(13)15)14(19)17(3)9-8-12(18)16-2/h5-7H,4,8-9,15H2,1-3H3,(H,16,18). The first kappa shape index (κ1) is 15.8. The topological polar surface area (TPSA) is 84.7 Å².